The monoisotopic (exact) mass is 261 g/mol. The van der Waals surface area contributed by atoms with Crippen molar-refractivity contribution in [1.82, 2.24) is 5.32 Å². The van der Waals surface area contributed by atoms with Gasteiger partial charge in [0.2, 0.25) is 0 Å². The van der Waals surface area contributed by atoms with Crippen molar-refractivity contribution in [3.8, 4) is 0 Å². The van der Waals surface area contributed by atoms with Crippen LogP contribution in [0.25, 0.3) is 0 Å². The van der Waals surface area contributed by atoms with Crippen LogP contribution in [0.4, 0.5) is 0 Å². The molecule has 0 bridgehead atoms. The van der Waals surface area contributed by atoms with E-state index < -0.39 is 0 Å². The topological polar surface area (TPSA) is 21.3 Å². The summed E-state index contributed by atoms with van der Waals surface area (Å²) in [6, 6.07) is 9.48. The second kappa shape index (κ2) is 7.66. The van der Waals surface area contributed by atoms with Crippen LogP contribution in [0.2, 0.25) is 0 Å². The fourth-order valence-electron chi connectivity index (χ4n) is 3.13. The first-order valence-electron chi connectivity index (χ1n) is 7.63. The summed E-state index contributed by atoms with van der Waals surface area (Å²) in [5.74, 6) is 0.876. The average Bonchev–Trinajstić information content (AvgIpc) is 2.47. The zero-order chi connectivity index (χ0) is 13.5. The predicted molar refractivity (Wildman–Crippen MR) is 80.0 cm³/mol. The Balaban J connectivity index is 1.83. The molecule has 0 amide bonds. The molecule has 2 atom stereocenters. The molecule has 1 saturated carbocycles. The molecule has 2 heteroatoms. The molecule has 0 radical (unpaired) electrons. The average molecular weight is 261 g/mol. The Labute approximate surface area is 117 Å². The highest BCUT2D eigenvalue weighted by Crippen LogP contribution is 2.27. The third-order valence-corrected chi connectivity index (χ3v) is 4.34. The smallest absolute Gasteiger partial charge is 0.0713 e. The minimum Gasteiger partial charge on any atom is -0.380 e. The Bertz CT molecular complexity index is 360. The Hall–Kier alpha value is -0.860. The van der Waals surface area contributed by atoms with Crippen LogP contribution >= 0.6 is 0 Å². The van der Waals surface area contributed by atoms with Crippen LogP contribution in [0.3, 0.4) is 0 Å². The lowest BCUT2D eigenvalue weighted by molar-refractivity contribution is 0.185. The van der Waals surface area contributed by atoms with Crippen molar-refractivity contribution in [2.24, 2.45) is 5.92 Å². The van der Waals surface area contributed by atoms with Crippen molar-refractivity contribution >= 4 is 0 Å². The van der Waals surface area contributed by atoms with E-state index in [-0.39, 0.29) is 0 Å². The fraction of sp³-hybridized carbons (Fsp3) is 0.647. The molecule has 0 saturated heterocycles. The van der Waals surface area contributed by atoms with Crippen LogP contribution in [-0.2, 0) is 17.9 Å². The van der Waals surface area contributed by atoms with Gasteiger partial charge >= 0.3 is 0 Å². The summed E-state index contributed by atoms with van der Waals surface area (Å²) in [6.45, 7) is 4.02. The van der Waals surface area contributed by atoms with Gasteiger partial charge in [-0.1, -0.05) is 50.5 Å². The van der Waals surface area contributed by atoms with E-state index >= 15 is 0 Å². The molecule has 0 aliphatic heterocycles. The maximum atomic E-state index is 5.14. The predicted octanol–water partition coefficient (Wildman–Crippen LogP) is 3.89. The van der Waals surface area contributed by atoms with Crippen LogP contribution in [0.5, 0.6) is 0 Å². The van der Waals surface area contributed by atoms with Crippen molar-refractivity contribution < 1.29 is 4.74 Å². The summed E-state index contributed by atoms with van der Waals surface area (Å²) in [7, 11) is 1.74. The summed E-state index contributed by atoms with van der Waals surface area (Å²) >= 11 is 0. The minimum atomic E-state index is 0.703. The standard InChI is InChI=1S/C17H27NO/c1-3-16-6-4-5-7-17(16)18-12-14-8-10-15(11-9-14)13-19-2/h8-11,16-18H,3-7,12-13H2,1-2H3. The van der Waals surface area contributed by atoms with Crippen molar-refractivity contribution in [2.75, 3.05) is 7.11 Å². The molecule has 19 heavy (non-hydrogen) atoms. The third kappa shape index (κ3) is 4.32. The summed E-state index contributed by atoms with van der Waals surface area (Å²) in [5, 5.41) is 3.76. The molecule has 0 spiro atoms. The van der Waals surface area contributed by atoms with Crippen LogP contribution in [0.1, 0.15) is 50.2 Å². The van der Waals surface area contributed by atoms with E-state index in [1.807, 2.05) is 0 Å². The molecule has 1 N–H and O–H groups in total. The van der Waals surface area contributed by atoms with Crippen LogP contribution in [0, 0.1) is 5.92 Å². The lowest BCUT2D eigenvalue weighted by Crippen LogP contribution is -2.37. The zero-order valence-electron chi connectivity index (χ0n) is 12.3. The molecule has 1 aromatic rings. The number of methoxy groups -OCH3 is 1. The van der Waals surface area contributed by atoms with E-state index in [1.165, 1.54) is 43.2 Å². The van der Waals surface area contributed by atoms with Gasteiger partial charge in [0.05, 0.1) is 6.61 Å². The van der Waals surface area contributed by atoms with Gasteiger partial charge in [0, 0.05) is 19.7 Å². The highest BCUT2D eigenvalue weighted by Gasteiger charge is 2.22. The lowest BCUT2D eigenvalue weighted by atomic mass is 9.83. The zero-order valence-corrected chi connectivity index (χ0v) is 12.3. The first kappa shape index (κ1) is 14.5. The first-order chi connectivity index (χ1) is 9.33. The van der Waals surface area contributed by atoms with Crippen molar-refractivity contribution in [1.29, 1.82) is 0 Å². The number of hydrogen-bond donors (Lipinski definition) is 1. The molecule has 1 aliphatic carbocycles. The van der Waals surface area contributed by atoms with E-state index in [4.69, 9.17) is 4.74 Å². The molecule has 2 rings (SSSR count). The van der Waals surface area contributed by atoms with Crippen molar-refractivity contribution in [2.45, 2.75) is 58.2 Å². The fourth-order valence-corrected chi connectivity index (χ4v) is 3.13. The normalized spacial score (nSPS) is 23.5. The second-order valence-electron chi connectivity index (χ2n) is 5.69. The molecule has 1 aromatic carbocycles. The minimum absolute atomic E-state index is 0.703. The van der Waals surface area contributed by atoms with Gasteiger partial charge in [-0.3, -0.25) is 0 Å². The van der Waals surface area contributed by atoms with Crippen molar-refractivity contribution in [3.05, 3.63) is 35.4 Å². The number of hydrogen-bond acceptors (Lipinski definition) is 2. The first-order valence-corrected chi connectivity index (χ1v) is 7.63. The SMILES string of the molecule is CCC1CCCCC1NCc1ccc(COC)cc1. The lowest BCUT2D eigenvalue weighted by Gasteiger charge is -2.31. The molecule has 0 heterocycles. The van der Waals surface area contributed by atoms with Gasteiger partial charge in [0.25, 0.3) is 0 Å². The van der Waals surface area contributed by atoms with Gasteiger partial charge in [-0.15, -0.1) is 0 Å². The molecule has 2 unspecified atom stereocenters. The maximum absolute atomic E-state index is 5.14. The summed E-state index contributed by atoms with van der Waals surface area (Å²) in [6.07, 6.45) is 6.87. The number of ether oxygens (including phenoxy) is 1. The Morgan fingerprint density at radius 1 is 1.11 bits per heavy atom. The molecular weight excluding hydrogens is 234 g/mol. The van der Waals surface area contributed by atoms with Gasteiger partial charge in [-0.05, 0) is 29.9 Å². The van der Waals surface area contributed by atoms with Crippen LogP contribution in [0.15, 0.2) is 24.3 Å². The molecule has 1 fully saturated rings. The highest BCUT2D eigenvalue weighted by atomic mass is 16.5. The van der Waals surface area contributed by atoms with E-state index in [2.05, 4.69) is 36.5 Å². The molecule has 1 aliphatic rings. The second-order valence-corrected chi connectivity index (χ2v) is 5.69. The van der Waals surface area contributed by atoms with Crippen molar-refractivity contribution in [3.63, 3.8) is 0 Å². The Kier molecular flexibility index (Phi) is 5.87. The molecule has 106 valence electrons. The van der Waals surface area contributed by atoms with E-state index in [9.17, 15) is 0 Å². The number of benzene rings is 1. The maximum Gasteiger partial charge on any atom is 0.0713 e. The quantitative estimate of drug-likeness (QED) is 0.838. The van der Waals surface area contributed by atoms with E-state index in [1.54, 1.807) is 7.11 Å². The largest absolute Gasteiger partial charge is 0.380 e. The van der Waals surface area contributed by atoms with Gasteiger partial charge in [0.1, 0.15) is 0 Å². The molecule has 0 aromatic heterocycles. The Morgan fingerprint density at radius 2 is 1.79 bits per heavy atom. The third-order valence-electron chi connectivity index (χ3n) is 4.34. The van der Waals surface area contributed by atoms with Gasteiger partial charge in [0.15, 0.2) is 0 Å². The van der Waals surface area contributed by atoms with Gasteiger partial charge < -0.3 is 10.1 Å². The molecular formula is C17H27NO. The summed E-state index contributed by atoms with van der Waals surface area (Å²) in [4.78, 5) is 0. The summed E-state index contributed by atoms with van der Waals surface area (Å²) < 4.78 is 5.14. The van der Waals surface area contributed by atoms with Crippen LogP contribution < -0.4 is 5.32 Å². The summed E-state index contributed by atoms with van der Waals surface area (Å²) in [5.41, 5.74) is 2.62. The van der Waals surface area contributed by atoms with E-state index in [0.717, 1.165) is 18.5 Å². The van der Waals surface area contributed by atoms with Gasteiger partial charge in [-0.25, -0.2) is 0 Å². The van der Waals surface area contributed by atoms with Gasteiger partial charge in [-0.2, -0.15) is 0 Å². The highest BCUT2D eigenvalue weighted by molar-refractivity contribution is 5.22. The number of nitrogens with one attached hydrogen (secondary N) is 1. The Morgan fingerprint density at radius 3 is 2.47 bits per heavy atom. The number of rotatable bonds is 6. The molecule has 2 nitrogen and oxygen atoms in total. The van der Waals surface area contributed by atoms with E-state index in [0.29, 0.717) is 6.61 Å². The van der Waals surface area contributed by atoms with Crippen LogP contribution in [-0.4, -0.2) is 13.2 Å².